The summed E-state index contributed by atoms with van der Waals surface area (Å²) < 4.78 is 4.49. The third-order valence-corrected chi connectivity index (χ3v) is 2.71. The second-order valence-corrected chi connectivity index (χ2v) is 4.03. The van der Waals surface area contributed by atoms with Crippen LogP contribution in [-0.4, -0.2) is 25.7 Å². The van der Waals surface area contributed by atoms with E-state index in [1.54, 1.807) is 24.3 Å². The first-order chi connectivity index (χ1) is 9.10. The number of carbonyl (C=O) groups is 2. The fourth-order valence-electron chi connectivity index (χ4n) is 1.55. The number of hydrogen-bond donors (Lipinski definition) is 3. The average molecular weight is 265 g/mol. The first kappa shape index (κ1) is 15.0. The van der Waals surface area contributed by atoms with Gasteiger partial charge < -0.3 is 15.8 Å². The van der Waals surface area contributed by atoms with Gasteiger partial charge in [-0.2, -0.15) is 0 Å². The van der Waals surface area contributed by atoms with Gasteiger partial charge in [0.2, 0.25) is 5.91 Å². The van der Waals surface area contributed by atoms with E-state index >= 15 is 0 Å². The molecule has 0 saturated heterocycles. The molecule has 104 valence electrons. The molecule has 19 heavy (non-hydrogen) atoms. The Labute approximate surface area is 112 Å². The highest BCUT2D eigenvalue weighted by atomic mass is 16.5. The Hall–Kier alpha value is -2.08. The Morgan fingerprint density at radius 3 is 2.47 bits per heavy atom. The van der Waals surface area contributed by atoms with Crippen LogP contribution in [0.15, 0.2) is 24.3 Å². The van der Waals surface area contributed by atoms with E-state index in [0.717, 1.165) is 0 Å². The number of anilines is 2. The number of benzene rings is 1. The molecule has 0 spiro atoms. The number of nitrogens with one attached hydrogen (secondary N) is 2. The summed E-state index contributed by atoms with van der Waals surface area (Å²) in [5.41, 5.74) is 6.67. The first-order valence-electron chi connectivity index (χ1n) is 6.06. The first-order valence-corrected chi connectivity index (χ1v) is 6.06. The van der Waals surface area contributed by atoms with Gasteiger partial charge in [-0.05, 0) is 24.6 Å². The zero-order chi connectivity index (χ0) is 14.3. The smallest absolute Gasteiger partial charge is 0.411 e. The maximum Gasteiger partial charge on any atom is 0.411 e. The fraction of sp³-hybridized carbons (Fsp3) is 0.385. The van der Waals surface area contributed by atoms with Crippen LogP contribution in [0.3, 0.4) is 0 Å². The number of hydrogen-bond acceptors (Lipinski definition) is 4. The summed E-state index contributed by atoms with van der Waals surface area (Å²) in [6.45, 7) is 2.22. The van der Waals surface area contributed by atoms with Crippen molar-refractivity contribution in [2.45, 2.75) is 13.3 Å². The van der Waals surface area contributed by atoms with Crippen LogP contribution in [0.4, 0.5) is 16.2 Å². The van der Waals surface area contributed by atoms with Crippen LogP contribution in [-0.2, 0) is 9.53 Å². The van der Waals surface area contributed by atoms with Crippen molar-refractivity contribution >= 4 is 23.4 Å². The molecule has 0 bridgehead atoms. The van der Waals surface area contributed by atoms with Crippen LogP contribution in [0.1, 0.15) is 13.3 Å². The fourth-order valence-corrected chi connectivity index (χ4v) is 1.55. The van der Waals surface area contributed by atoms with Gasteiger partial charge in [-0.25, -0.2) is 4.79 Å². The molecule has 1 rings (SSSR count). The molecule has 0 heterocycles. The number of carbonyl (C=O) groups excluding carboxylic acids is 2. The average Bonchev–Trinajstić information content (AvgIpc) is 2.40. The Morgan fingerprint density at radius 2 is 1.95 bits per heavy atom. The van der Waals surface area contributed by atoms with Crippen molar-refractivity contribution < 1.29 is 14.3 Å². The molecule has 0 aliphatic rings. The quantitative estimate of drug-likeness (QED) is 0.756. The van der Waals surface area contributed by atoms with Crippen LogP contribution < -0.4 is 16.4 Å². The summed E-state index contributed by atoms with van der Waals surface area (Å²) in [6.07, 6.45) is 0.125. The van der Waals surface area contributed by atoms with Gasteiger partial charge in [0.15, 0.2) is 0 Å². The lowest BCUT2D eigenvalue weighted by atomic mass is 10.1. The van der Waals surface area contributed by atoms with Crippen LogP contribution in [0.25, 0.3) is 0 Å². The largest absolute Gasteiger partial charge is 0.453 e. The highest BCUT2D eigenvalue weighted by Gasteiger charge is 2.14. The van der Waals surface area contributed by atoms with Crippen molar-refractivity contribution in [2.24, 2.45) is 11.7 Å². The van der Waals surface area contributed by atoms with Crippen molar-refractivity contribution in [1.29, 1.82) is 0 Å². The molecule has 0 fully saturated rings. The van der Waals surface area contributed by atoms with Crippen molar-refractivity contribution in [1.82, 2.24) is 0 Å². The van der Waals surface area contributed by atoms with E-state index in [1.165, 1.54) is 7.11 Å². The lowest BCUT2D eigenvalue weighted by molar-refractivity contribution is -0.119. The molecule has 1 atom stereocenters. The SMILES string of the molecule is CCC(CN)C(=O)Nc1cccc(NC(=O)OC)c1. The third kappa shape index (κ3) is 4.59. The van der Waals surface area contributed by atoms with Crippen LogP contribution in [0.5, 0.6) is 0 Å². The zero-order valence-corrected chi connectivity index (χ0v) is 11.1. The lowest BCUT2D eigenvalue weighted by Gasteiger charge is -2.13. The van der Waals surface area contributed by atoms with Crippen molar-refractivity contribution in [3.05, 3.63) is 24.3 Å². The van der Waals surface area contributed by atoms with E-state index in [-0.39, 0.29) is 11.8 Å². The second kappa shape index (κ2) is 7.38. The molecule has 6 nitrogen and oxygen atoms in total. The number of methoxy groups -OCH3 is 1. The van der Waals surface area contributed by atoms with E-state index in [4.69, 9.17) is 5.73 Å². The summed E-state index contributed by atoms with van der Waals surface area (Å²) in [4.78, 5) is 22.9. The minimum absolute atomic E-state index is 0.125. The topological polar surface area (TPSA) is 93.5 Å². The van der Waals surface area contributed by atoms with Crippen molar-refractivity contribution in [3.8, 4) is 0 Å². The summed E-state index contributed by atoms with van der Waals surface area (Å²) in [5, 5.41) is 5.29. The van der Waals surface area contributed by atoms with Gasteiger partial charge in [0, 0.05) is 17.9 Å². The zero-order valence-electron chi connectivity index (χ0n) is 11.1. The molecule has 1 aromatic carbocycles. The molecule has 0 aliphatic heterocycles. The van der Waals surface area contributed by atoms with Crippen molar-refractivity contribution in [3.63, 3.8) is 0 Å². The number of nitrogens with two attached hydrogens (primary N) is 1. The van der Waals surface area contributed by atoms with Gasteiger partial charge in [-0.1, -0.05) is 13.0 Å². The summed E-state index contributed by atoms with van der Waals surface area (Å²) >= 11 is 0. The molecule has 0 aromatic heterocycles. The van der Waals surface area contributed by atoms with Gasteiger partial charge in [0.1, 0.15) is 0 Å². The van der Waals surface area contributed by atoms with E-state index in [0.29, 0.717) is 24.3 Å². The highest BCUT2D eigenvalue weighted by molar-refractivity contribution is 5.94. The summed E-state index contributed by atoms with van der Waals surface area (Å²) in [7, 11) is 1.29. The van der Waals surface area contributed by atoms with E-state index in [2.05, 4.69) is 15.4 Å². The molecule has 4 N–H and O–H groups in total. The minimum Gasteiger partial charge on any atom is -0.453 e. The van der Waals surface area contributed by atoms with Crippen molar-refractivity contribution in [2.75, 3.05) is 24.3 Å². The predicted octanol–water partition coefficient (Wildman–Crippen LogP) is 1.79. The molecule has 0 saturated carbocycles. The number of amides is 2. The molecular weight excluding hydrogens is 246 g/mol. The Morgan fingerprint density at radius 1 is 1.32 bits per heavy atom. The van der Waals surface area contributed by atoms with Gasteiger partial charge >= 0.3 is 6.09 Å². The van der Waals surface area contributed by atoms with Crippen LogP contribution in [0, 0.1) is 5.92 Å². The van der Waals surface area contributed by atoms with E-state index in [1.807, 2.05) is 6.92 Å². The normalized spacial score (nSPS) is 11.5. The minimum atomic E-state index is -0.558. The summed E-state index contributed by atoms with van der Waals surface area (Å²) in [6, 6.07) is 6.82. The molecule has 6 heteroatoms. The Balaban J connectivity index is 2.71. The summed E-state index contributed by atoms with van der Waals surface area (Å²) in [5.74, 6) is -0.336. The molecule has 1 aromatic rings. The van der Waals surface area contributed by atoms with Crippen LogP contribution >= 0.6 is 0 Å². The maximum atomic E-state index is 11.9. The molecule has 0 radical (unpaired) electrons. The van der Waals surface area contributed by atoms with Crippen LogP contribution in [0.2, 0.25) is 0 Å². The Kier molecular flexibility index (Phi) is 5.81. The van der Waals surface area contributed by atoms with E-state index in [9.17, 15) is 9.59 Å². The standard InChI is InChI=1S/C13H19N3O3/c1-3-9(8-14)12(17)15-10-5-4-6-11(7-10)16-13(18)19-2/h4-7,9H,3,8,14H2,1-2H3,(H,15,17)(H,16,18). The van der Waals surface area contributed by atoms with Gasteiger partial charge in [-0.3, -0.25) is 10.1 Å². The highest BCUT2D eigenvalue weighted by Crippen LogP contribution is 2.16. The monoisotopic (exact) mass is 265 g/mol. The van der Waals surface area contributed by atoms with Gasteiger partial charge in [0.25, 0.3) is 0 Å². The van der Waals surface area contributed by atoms with Gasteiger partial charge in [0.05, 0.1) is 13.0 Å². The number of ether oxygens (including phenoxy) is 1. The second-order valence-electron chi connectivity index (χ2n) is 4.03. The Bertz CT molecular complexity index is 445. The predicted molar refractivity (Wildman–Crippen MR) is 73.9 cm³/mol. The van der Waals surface area contributed by atoms with Gasteiger partial charge in [-0.15, -0.1) is 0 Å². The number of rotatable bonds is 5. The molecule has 2 amide bonds. The third-order valence-electron chi connectivity index (χ3n) is 2.71. The molecule has 1 unspecified atom stereocenters. The molecule has 0 aliphatic carbocycles. The van der Waals surface area contributed by atoms with E-state index < -0.39 is 6.09 Å². The maximum absolute atomic E-state index is 11.9. The molecular formula is C13H19N3O3. The lowest BCUT2D eigenvalue weighted by Crippen LogP contribution is -2.28.